The summed E-state index contributed by atoms with van der Waals surface area (Å²) >= 11 is 0. The van der Waals surface area contributed by atoms with Gasteiger partial charge in [-0.05, 0) is 37.1 Å². The topological polar surface area (TPSA) is 68.6 Å². The fourth-order valence-electron chi connectivity index (χ4n) is 3.16. The first-order valence-electron chi connectivity index (χ1n) is 8.51. The van der Waals surface area contributed by atoms with Gasteiger partial charge in [0.25, 0.3) is 0 Å². The maximum absolute atomic E-state index is 12.4. The Balaban J connectivity index is 1.27. The zero-order chi connectivity index (χ0) is 17.4. The summed E-state index contributed by atoms with van der Waals surface area (Å²) in [5.74, 6) is 1.52. The van der Waals surface area contributed by atoms with Crippen molar-refractivity contribution in [3.63, 3.8) is 0 Å². The molecule has 0 spiro atoms. The Hall–Kier alpha value is -2.54. The number of rotatable bonds is 5. The van der Waals surface area contributed by atoms with E-state index in [1.807, 2.05) is 49.1 Å². The number of carbonyl (C=O) groups is 1. The zero-order valence-electron chi connectivity index (χ0n) is 14.4. The fourth-order valence-corrected chi connectivity index (χ4v) is 3.16. The van der Waals surface area contributed by atoms with Gasteiger partial charge in [-0.25, -0.2) is 0 Å². The van der Waals surface area contributed by atoms with Crippen LogP contribution in [0.3, 0.4) is 0 Å². The molecule has 7 heteroatoms. The van der Waals surface area contributed by atoms with Crippen LogP contribution in [-0.4, -0.2) is 46.5 Å². The van der Waals surface area contributed by atoms with E-state index < -0.39 is 0 Å². The Morgan fingerprint density at radius 2 is 2.16 bits per heavy atom. The molecule has 1 atom stereocenters. The molecule has 7 nitrogen and oxygen atoms in total. The third kappa shape index (κ3) is 3.19. The normalized spacial score (nSPS) is 18.0. The number of fused-ring (bicyclic) bond motifs is 1. The lowest BCUT2D eigenvalue weighted by Gasteiger charge is -2.42. The molecule has 1 amide bonds. The van der Waals surface area contributed by atoms with E-state index >= 15 is 0 Å². The van der Waals surface area contributed by atoms with Crippen molar-refractivity contribution in [3.8, 4) is 11.5 Å². The highest BCUT2D eigenvalue weighted by atomic mass is 16.7. The number of hydrogen-bond donors (Lipinski definition) is 1. The Kier molecular flexibility index (Phi) is 4.09. The van der Waals surface area contributed by atoms with E-state index in [0.717, 1.165) is 35.7 Å². The molecule has 2 aromatic rings. The van der Waals surface area contributed by atoms with E-state index in [2.05, 4.69) is 15.3 Å². The van der Waals surface area contributed by atoms with Crippen molar-refractivity contribution >= 4 is 5.91 Å². The SMILES string of the molecule is Cc1cnn(C2CN(C(C)C(=O)NCc3ccc4c(c3)OCO4)C2)c1. The van der Waals surface area contributed by atoms with E-state index in [-0.39, 0.29) is 18.7 Å². The van der Waals surface area contributed by atoms with Crippen molar-refractivity contribution < 1.29 is 14.3 Å². The number of nitrogens with one attached hydrogen (secondary N) is 1. The number of nitrogens with zero attached hydrogens (tertiary/aromatic N) is 3. The van der Waals surface area contributed by atoms with Gasteiger partial charge in [-0.15, -0.1) is 0 Å². The van der Waals surface area contributed by atoms with Gasteiger partial charge in [0.15, 0.2) is 11.5 Å². The molecule has 1 aromatic heterocycles. The molecule has 0 radical (unpaired) electrons. The molecule has 0 bridgehead atoms. The molecule has 2 aliphatic rings. The fraction of sp³-hybridized carbons (Fsp3) is 0.444. The van der Waals surface area contributed by atoms with Crippen LogP contribution in [0.4, 0.5) is 0 Å². The Morgan fingerprint density at radius 1 is 1.36 bits per heavy atom. The average Bonchev–Trinajstić information content (AvgIpc) is 3.19. The minimum absolute atomic E-state index is 0.0350. The van der Waals surface area contributed by atoms with Crippen LogP contribution >= 0.6 is 0 Å². The lowest BCUT2D eigenvalue weighted by atomic mass is 10.1. The first-order chi connectivity index (χ1) is 12.1. The van der Waals surface area contributed by atoms with Gasteiger partial charge in [0, 0.05) is 25.8 Å². The number of ether oxygens (including phenoxy) is 2. The number of aryl methyl sites for hydroxylation is 1. The molecule has 1 aromatic carbocycles. The van der Waals surface area contributed by atoms with Gasteiger partial charge in [-0.1, -0.05) is 6.07 Å². The van der Waals surface area contributed by atoms with Crippen LogP contribution in [0.1, 0.15) is 24.1 Å². The van der Waals surface area contributed by atoms with Gasteiger partial charge in [-0.2, -0.15) is 5.10 Å². The molecular formula is C18H22N4O3. The maximum atomic E-state index is 12.4. The van der Waals surface area contributed by atoms with E-state index in [9.17, 15) is 4.79 Å². The first-order valence-corrected chi connectivity index (χ1v) is 8.51. The minimum atomic E-state index is -0.151. The van der Waals surface area contributed by atoms with E-state index in [0.29, 0.717) is 12.6 Å². The molecule has 1 fully saturated rings. The van der Waals surface area contributed by atoms with Crippen molar-refractivity contribution in [2.75, 3.05) is 19.9 Å². The van der Waals surface area contributed by atoms with Crippen LogP contribution in [0.5, 0.6) is 11.5 Å². The standard InChI is InChI=1S/C18H22N4O3/c1-12-6-20-22(8-12)15-9-21(10-15)13(2)18(23)19-7-14-3-4-16-17(5-14)25-11-24-16/h3-6,8,13,15H,7,9-11H2,1-2H3,(H,19,23). The summed E-state index contributed by atoms with van der Waals surface area (Å²) in [7, 11) is 0. The van der Waals surface area contributed by atoms with Crippen LogP contribution in [0.25, 0.3) is 0 Å². The largest absolute Gasteiger partial charge is 0.454 e. The Morgan fingerprint density at radius 3 is 2.92 bits per heavy atom. The lowest BCUT2D eigenvalue weighted by molar-refractivity contribution is -0.128. The molecule has 25 heavy (non-hydrogen) atoms. The molecule has 1 saturated heterocycles. The molecule has 0 saturated carbocycles. The van der Waals surface area contributed by atoms with Crippen molar-refractivity contribution in [3.05, 3.63) is 41.7 Å². The van der Waals surface area contributed by atoms with E-state index in [1.165, 1.54) is 0 Å². The van der Waals surface area contributed by atoms with Crippen LogP contribution in [0, 0.1) is 6.92 Å². The molecule has 4 rings (SSSR count). The number of hydrogen-bond acceptors (Lipinski definition) is 5. The third-order valence-electron chi connectivity index (χ3n) is 4.83. The number of aromatic nitrogens is 2. The molecule has 132 valence electrons. The molecule has 1 N–H and O–H groups in total. The number of likely N-dealkylation sites (tertiary alicyclic amines) is 1. The molecular weight excluding hydrogens is 320 g/mol. The van der Waals surface area contributed by atoms with E-state index in [4.69, 9.17) is 9.47 Å². The summed E-state index contributed by atoms with van der Waals surface area (Å²) in [6.07, 6.45) is 3.91. The highest BCUT2D eigenvalue weighted by molar-refractivity contribution is 5.81. The van der Waals surface area contributed by atoms with Crippen molar-refractivity contribution in [2.45, 2.75) is 32.5 Å². The highest BCUT2D eigenvalue weighted by Crippen LogP contribution is 2.32. The van der Waals surface area contributed by atoms with Gasteiger partial charge in [-0.3, -0.25) is 14.4 Å². The number of carbonyl (C=O) groups excluding carboxylic acids is 1. The van der Waals surface area contributed by atoms with Crippen molar-refractivity contribution in [1.29, 1.82) is 0 Å². The zero-order valence-corrected chi connectivity index (χ0v) is 14.4. The summed E-state index contributed by atoms with van der Waals surface area (Å²) in [6, 6.07) is 5.93. The molecule has 1 unspecified atom stereocenters. The van der Waals surface area contributed by atoms with Crippen molar-refractivity contribution in [2.24, 2.45) is 0 Å². The summed E-state index contributed by atoms with van der Waals surface area (Å²) in [6.45, 7) is 6.41. The second kappa shape index (κ2) is 6.40. The first kappa shape index (κ1) is 16.0. The smallest absolute Gasteiger partial charge is 0.237 e. The highest BCUT2D eigenvalue weighted by Gasteiger charge is 2.34. The second-order valence-corrected chi connectivity index (χ2v) is 6.69. The third-order valence-corrected chi connectivity index (χ3v) is 4.83. The van der Waals surface area contributed by atoms with Gasteiger partial charge in [0.05, 0.1) is 18.3 Å². The Bertz CT molecular complexity index is 782. The van der Waals surface area contributed by atoms with E-state index in [1.54, 1.807) is 0 Å². The van der Waals surface area contributed by atoms with Gasteiger partial charge < -0.3 is 14.8 Å². The summed E-state index contributed by atoms with van der Waals surface area (Å²) in [4.78, 5) is 14.6. The minimum Gasteiger partial charge on any atom is -0.454 e. The van der Waals surface area contributed by atoms with Crippen molar-refractivity contribution in [1.82, 2.24) is 20.0 Å². The summed E-state index contributed by atoms with van der Waals surface area (Å²) in [5, 5.41) is 7.35. The predicted molar refractivity (Wildman–Crippen MR) is 91.4 cm³/mol. The van der Waals surface area contributed by atoms with Crippen LogP contribution in [0.2, 0.25) is 0 Å². The van der Waals surface area contributed by atoms with Crippen LogP contribution in [0.15, 0.2) is 30.6 Å². The van der Waals surface area contributed by atoms with Gasteiger partial charge >= 0.3 is 0 Å². The van der Waals surface area contributed by atoms with Gasteiger partial charge in [0.2, 0.25) is 12.7 Å². The maximum Gasteiger partial charge on any atom is 0.237 e. The van der Waals surface area contributed by atoms with Crippen LogP contribution in [-0.2, 0) is 11.3 Å². The second-order valence-electron chi connectivity index (χ2n) is 6.69. The quantitative estimate of drug-likeness (QED) is 0.891. The lowest BCUT2D eigenvalue weighted by Crippen LogP contribution is -2.56. The molecule has 2 aliphatic heterocycles. The van der Waals surface area contributed by atoms with Gasteiger partial charge in [0.1, 0.15) is 0 Å². The number of benzene rings is 1. The average molecular weight is 342 g/mol. The number of amides is 1. The van der Waals surface area contributed by atoms with Crippen LogP contribution < -0.4 is 14.8 Å². The summed E-state index contributed by atoms with van der Waals surface area (Å²) < 4.78 is 12.6. The molecule has 3 heterocycles. The predicted octanol–water partition coefficient (Wildman–Crippen LogP) is 1.48. The Labute approximate surface area is 146 Å². The summed E-state index contributed by atoms with van der Waals surface area (Å²) in [5.41, 5.74) is 2.16. The molecule has 0 aliphatic carbocycles. The monoisotopic (exact) mass is 342 g/mol.